The minimum Gasteiger partial charge on any atom is -0.406 e. The molecule has 1 saturated heterocycles. The molecule has 3 amide bonds. The lowest BCUT2D eigenvalue weighted by Crippen LogP contribution is -2.31. The minimum absolute atomic E-state index is 0.0356. The van der Waals surface area contributed by atoms with Gasteiger partial charge in [-0.1, -0.05) is 49.9 Å². The number of hydrogen-bond donors (Lipinski definition) is 1. The van der Waals surface area contributed by atoms with Gasteiger partial charge >= 0.3 is 12.4 Å². The van der Waals surface area contributed by atoms with Crippen molar-refractivity contribution >= 4 is 40.4 Å². The molecule has 1 aliphatic heterocycles. The van der Waals surface area contributed by atoms with Crippen molar-refractivity contribution in [2.24, 2.45) is 4.99 Å². The minimum atomic E-state index is -4.80. The van der Waals surface area contributed by atoms with Gasteiger partial charge in [0.1, 0.15) is 23.7 Å². The Morgan fingerprint density at radius 3 is 2.47 bits per heavy atom. The first kappa shape index (κ1) is 31.4. The average Bonchev–Trinajstić information content (AvgIpc) is 3.63. The van der Waals surface area contributed by atoms with Crippen LogP contribution >= 0.6 is 11.8 Å². The number of anilines is 1. The molecule has 0 aliphatic carbocycles. The number of thioether (sulfide) groups is 1. The summed E-state index contributed by atoms with van der Waals surface area (Å²) < 4.78 is 71.1. The fourth-order valence-corrected chi connectivity index (χ4v) is 5.16. The second-order valence-electron chi connectivity index (χ2n) is 9.84. The zero-order valence-electron chi connectivity index (χ0n) is 23.5. The van der Waals surface area contributed by atoms with Gasteiger partial charge in [-0.2, -0.15) is 4.99 Å². The molecule has 0 unspecified atom stereocenters. The Kier molecular flexibility index (Phi) is 8.99. The van der Waals surface area contributed by atoms with E-state index in [0.29, 0.717) is 22.5 Å². The highest BCUT2D eigenvalue weighted by atomic mass is 32.2. The summed E-state index contributed by atoms with van der Waals surface area (Å²) in [4.78, 5) is 34.5. The van der Waals surface area contributed by atoms with Gasteiger partial charge in [0.25, 0.3) is 0 Å². The van der Waals surface area contributed by atoms with Gasteiger partial charge < -0.3 is 10.1 Å². The molecule has 3 aromatic carbocycles. The summed E-state index contributed by atoms with van der Waals surface area (Å²) in [5.41, 5.74) is 2.09. The van der Waals surface area contributed by atoms with Crippen LogP contribution in [0.3, 0.4) is 0 Å². The largest absolute Gasteiger partial charge is 0.573 e. The topological polar surface area (TPSA) is 102 Å². The number of nitrogens with zero attached hydrogens (tertiary/aromatic N) is 5. The smallest absolute Gasteiger partial charge is 0.406 e. The maximum absolute atomic E-state index is 14.9. The molecule has 232 valence electrons. The summed E-state index contributed by atoms with van der Waals surface area (Å²) in [6, 6.07) is 14.2. The van der Waals surface area contributed by atoms with Gasteiger partial charge in [0.15, 0.2) is 11.0 Å². The van der Waals surface area contributed by atoms with E-state index in [1.54, 1.807) is 12.1 Å². The Morgan fingerprint density at radius 1 is 1.09 bits per heavy atom. The number of carbonyl (C=O) groups excluding carboxylic acids is 2. The lowest BCUT2D eigenvalue weighted by Gasteiger charge is -2.21. The maximum atomic E-state index is 14.9. The Hall–Kier alpha value is -5.05. The Morgan fingerprint density at radius 2 is 1.80 bits per heavy atom. The number of hydrogen-bond acceptors (Lipinski definition) is 6. The van der Waals surface area contributed by atoms with Crippen molar-refractivity contribution < 1.29 is 36.3 Å². The molecule has 2 heterocycles. The number of rotatable bonds is 7. The lowest BCUT2D eigenvalue weighted by molar-refractivity contribution is -0.274. The van der Waals surface area contributed by atoms with E-state index in [1.807, 2.05) is 13.8 Å². The van der Waals surface area contributed by atoms with Crippen molar-refractivity contribution in [1.29, 1.82) is 0 Å². The predicted octanol–water partition coefficient (Wildman–Crippen LogP) is 7.21. The van der Waals surface area contributed by atoms with Gasteiger partial charge in [0, 0.05) is 17.3 Å². The molecule has 4 aromatic rings. The van der Waals surface area contributed by atoms with Crippen molar-refractivity contribution in [1.82, 2.24) is 20.1 Å². The second-order valence-corrected chi connectivity index (χ2v) is 10.8. The molecule has 1 aliphatic rings. The van der Waals surface area contributed by atoms with Gasteiger partial charge in [-0.3, -0.25) is 9.69 Å². The highest BCUT2D eigenvalue weighted by Gasteiger charge is 2.33. The van der Waals surface area contributed by atoms with Crippen molar-refractivity contribution in [3.8, 4) is 22.8 Å². The number of aromatic nitrogens is 3. The summed E-state index contributed by atoms with van der Waals surface area (Å²) in [5.74, 6) is -1.72. The Labute approximate surface area is 257 Å². The molecule has 0 radical (unpaired) electrons. The number of urea groups is 1. The van der Waals surface area contributed by atoms with Crippen LogP contribution in [0.2, 0.25) is 0 Å². The number of amides is 3. The van der Waals surface area contributed by atoms with Gasteiger partial charge in [0.2, 0.25) is 5.91 Å². The lowest BCUT2D eigenvalue weighted by atomic mass is 10.0. The second kappa shape index (κ2) is 12.9. The highest BCUT2D eigenvalue weighted by molar-refractivity contribution is 8.15. The summed E-state index contributed by atoms with van der Waals surface area (Å²) in [5, 5.41) is 6.64. The van der Waals surface area contributed by atoms with Gasteiger partial charge in [-0.25, -0.2) is 23.2 Å². The number of aliphatic imine (C=N–C) groups is 1. The fraction of sp³-hybridized carbons (Fsp3) is 0.167. The van der Waals surface area contributed by atoms with Gasteiger partial charge in [-0.05, 0) is 53.9 Å². The summed E-state index contributed by atoms with van der Waals surface area (Å²) in [6.45, 7) is 3.70. The van der Waals surface area contributed by atoms with Gasteiger partial charge in [-0.15, -0.1) is 18.3 Å². The van der Waals surface area contributed by atoms with Crippen LogP contribution in [0.15, 0.2) is 84.2 Å². The normalized spacial score (nSPS) is 14.8. The van der Waals surface area contributed by atoms with Crippen LogP contribution < -0.4 is 15.0 Å². The molecule has 0 atom stereocenters. The summed E-state index contributed by atoms with van der Waals surface area (Å²) in [6.07, 6.45) is -2.59. The van der Waals surface area contributed by atoms with Crippen LogP contribution in [0.25, 0.3) is 22.9 Å². The van der Waals surface area contributed by atoms with Crippen LogP contribution in [0.4, 0.5) is 32.4 Å². The Bertz CT molecular complexity index is 1790. The van der Waals surface area contributed by atoms with E-state index in [-0.39, 0.29) is 39.9 Å². The first-order valence-electron chi connectivity index (χ1n) is 13.3. The third kappa shape index (κ3) is 7.55. The number of amidine groups is 1. The third-order valence-corrected chi connectivity index (χ3v) is 7.31. The van der Waals surface area contributed by atoms with Crippen LogP contribution in [-0.4, -0.2) is 44.0 Å². The van der Waals surface area contributed by atoms with E-state index in [2.05, 4.69) is 25.1 Å². The van der Waals surface area contributed by atoms with E-state index in [4.69, 9.17) is 0 Å². The van der Waals surface area contributed by atoms with Crippen LogP contribution in [-0.2, 0) is 4.79 Å². The van der Waals surface area contributed by atoms with Crippen molar-refractivity contribution in [3.63, 3.8) is 0 Å². The molecule has 1 aromatic heterocycles. The molecule has 1 N–H and O–H groups in total. The fourth-order valence-electron chi connectivity index (χ4n) is 4.30. The third-order valence-electron chi connectivity index (χ3n) is 6.38. The molecule has 15 heteroatoms. The molecular weight excluding hydrogens is 619 g/mol. The molecule has 5 rings (SSSR count). The predicted molar refractivity (Wildman–Crippen MR) is 159 cm³/mol. The Balaban J connectivity index is 1.24. The average molecular weight is 643 g/mol. The monoisotopic (exact) mass is 642 g/mol. The number of carbonyl (C=O) groups is 2. The number of halogens is 5. The molecular formula is C30H23F5N6O3S. The standard InChI is InChI=1S/C30H23F5N6O3S/c1-17(2)23-13-20(31)7-12-25(23)41-26(42)15-45-29(41)38-28(43)36-14-24(32)18-3-5-19(6-4-18)27-37-16-40(39-27)21-8-10-22(11-9-21)44-30(33,34)35/h3-14,16-17H,15H2,1-2H3,(H,36,43)/b24-14-,38-29-. The van der Waals surface area contributed by atoms with Crippen LogP contribution in [0, 0.1) is 5.82 Å². The SMILES string of the molecule is CC(C)c1cc(F)ccc1N1C(=O)CS/C1=N\C(=O)N/C=C(\F)c1ccc(-c2ncn(-c3ccc(OC(F)(F)F)cc3)n2)cc1. The number of benzene rings is 3. The van der Waals surface area contributed by atoms with E-state index in [9.17, 15) is 31.5 Å². The zero-order chi connectivity index (χ0) is 32.3. The molecule has 0 bridgehead atoms. The number of nitrogens with one attached hydrogen (secondary N) is 1. The molecule has 0 saturated carbocycles. The number of alkyl halides is 3. The highest BCUT2D eigenvalue weighted by Crippen LogP contribution is 2.34. The van der Waals surface area contributed by atoms with E-state index < -0.39 is 24.0 Å². The summed E-state index contributed by atoms with van der Waals surface area (Å²) >= 11 is 1.04. The van der Waals surface area contributed by atoms with E-state index >= 15 is 0 Å². The molecule has 45 heavy (non-hydrogen) atoms. The van der Waals surface area contributed by atoms with Crippen LogP contribution in [0.1, 0.15) is 30.9 Å². The van der Waals surface area contributed by atoms with Crippen LogP contribution in [0.5, 0.6) is 5.75 Å². The maximum Gasteiger partial charge on any atom is 0.573 e. The number of ether oxygens (including phenoxy) is 1. The first-order chi connectivity index (χ1) is 21.4. The van der Waals surface area contributed by atoms with E-state index in [0.717, 1.165) is 30.1 Å². The van der Waals surface area contributed by atoms with Crippen molar-refractivity contribution in [3.05, 3.63) is 96.2 Å². The first-order valence-corrected chi connectivity index (χ1v) is 14.3. The summed E-state index contributed by atoms with van der Waals surface area (Å²) in [7, 11) is 0. The quantitative estimate of drug-likeness (QED) is 0.214. The molecule has 9 nitrogen and oxygen atoms in total. The van der Waals surface area contributed by atoms with Crippen molar-refractivity contribution in [2.45, 2.75) is 26.1 Å². The zero-order valence-corrected chi connectivity index (χ0v) is 24.4. The van der Waals surface area contributed by atoms with E-state index in [1.165, 1.54) is 58.4 Å². The molecule has 1 fully saturated rings. The van der Waals surface area contributed by atoms with Gasteiger partial charge in [0.05, 0.1) is 17.1 Å². The van der Waals surface area contributed by atoms with Crippen molar-refractivity contribution in [2.75, 3.05) is 10.7 Å². The molecule has 0 spiro atoms.